The molecule has 0 atom stereocenters. The van der Waals surface area contributed by atoms with Crippen molar-refractivity contribution in [3.05, 3.63) is 17.5 Å². The molecule has 2 saturated heterocycles. The van der Waals surface area contributed by atoms with Crippen LogP contribution in [0.2, 0.25) is 0 Å². The Bertz CT molecular complexity index is 625. The smallest absolute Gasteiger partial charge is 0.274 e. The maximum Gasteiger partial charge on any atom is 0.274 e. The van der Waals surface area contributed by atoms with Crippen LogP contribution in [0.25, 0.3) is 0 Å². The molecular formula is C18H27N5O2. The van der Waals surface area contributed by atoms with Crippen LogP contribution in [-0.2, 0) is 4.79 Å². The lowest BCUT2D eigenvalue weighted by atomic mass is 10.1. The van der Waals surface area contributed by atoms with Gasteiger partial charge in [0.1, 0.15) is 5.69 Å². The predicted octanol–water partition coefficient (Wildman–Crippen LogP) is 1.06. The number of rotatable bonds is 4. The Morgan fingerprint density at radius 1 is 1.00 bits per heavy atom. The fourth-order valence-corrected chi connectivity index (χ4v) is 3.76. The lowest BCUT2D eigenvalue weighted by Crippen LogP contribution is -2.52. The number of H-pyrrole nitrogens is 1. The minimum Gasteiger partial charge on any atom is -0.342 e. The Morgan fingerprint density at radius 2 is 1.72 bits per heavy atom. The summed E-state index contributed by atoms with van der Waals surface area (Å²) >= 11 is 0. The van der Waals surface area contributed by atoms with Crippen LogP contribution in [0.3, 0.4) is 0 Å². The molecule has 136 valence electrons. The molecule has 0 radical (unpaired) electrons. The topological polar surface area (TPSA) is 72.5 Å². The standard InChI is InChI=1S/C18H27N5O2/c24-17(22-6-2-1-3-7-22)13-21-8-10-23(11-9-21)18(25)16-12-15(19-20-16)14-4-5-14/h12,14H,1-11,13H2,(H,19,20). The van der Waals surface area contributed by atoms with Crippen molar-refractivity contribution in [2.75, 3.05) is 45.8 Å². The lowest BCUT2D eigenvalue weighted by molar-refractivity contribution is -0.133. The molecule has 3 fully saturated rings. The number of carbonyl (C=O) groups is 2. The molecule has 0 spiro atoms. The van der Waals surface area contributed by atoms with E-state index in [0.29, 0.717) is 31.2 Å². The number of aromatic nitrogens is 2. The minimum atomic E-state index is 0.00478. The highest BCUT2D eigenvalue weighted by Crippen LogP contribution is 2.39. The van der Waals surface area contributed by atoms with Gasteiger partial charge in [0.25, 0.3) is 5.91 Å². The van der Waals surface area contributed by atoms with Gasteiger partial charge in [-0.25, -0.2) is 0 Å². The highest BCUT2D eigenvalue weighted by Gasteiger charge is 2.29. The molecule has 3 heterocycles. The molecule has 0 bridgehead atoms. The fraction of sp³-hybridized carbons (Fsp3) is 0.722. The zero-order valence-electron chi connectivity index (χ0n) is 14.7. The van der Waals surface area contributed by atoms with Crippen molar-refractivity contribution in [2.24, 2.45) is 0 Å². The molecule has 2 amide bonds. The van der Waals surface area contributed by atoms with Crippen LogP contribution in [0.4, 0.5) is 0 Å². The van der Waals surface area contributed by atoms with Gasteiger partial charge < -0.3 is 9.80 Å². The molecule has 1 aromatic heterocycles. The molecule has 1 aromatic rings. The third-order valence-corrected chi connectivity index (χ3v) is 5.56. The maximum atomic E-state index is 12.6. The van der Waals surface area contributed by atoms with E-state index in [1.807, 2.05) is 15.9 Å². The first kappa shape index (κ1) is 16.6. The van der Waals surface area contributed by atoms with Crippen molar-refractivity contribution in [2.45, 2.75) is 38.0 Å². The summed E-state index contributed by atoms with van der Waals surface area (Å²) in [6, 6.07) is 1.91. The molecule has 4 rings (SSSR count). The number of likely N-dealkylation sites (tertiary alicyclic amines) is 1. The number of carbonyl (C=O) groups excluding carboxylic acids is 2. The first-order chi connectivity index (χ1) is 12.2. The Balaban J connectivity index is 1.25. The van der Waals surface area contributed by atoms with Crippen LogP contribution in [0, 0.1) is 0 Å². The van der Waals surface area contributed by atoms with Gasteiger partial charge in [-0.3, -0.25) is 19.6 Å². The summed E-state index contributed by atoms with van der Waals surface area (Å²) in [5.41, 5.74) is 1.62. The average Bonchev–Trinajstić information content (AvgIpc) is 3.39. The predicted molar refractivity (Wildman–Crippen MR) is 93.3 cm³/mol. The molecule has 3 aliphatic rings. The van der Waals surface area contributed by atoms with Gasteiger partial charge in [0.15, 0.2) is 0 Å². The molecule has 1 N–H and O–H groups in total. The quantitative estimate of drug-likeness (QED) is 0.886. The van der Waals surface area contributed by atoms with Crippen molar-refractivity contribution in [1.82, 2.24) is 24.9 Å². The van der Waals surface area contributed by atoms with Crippen molar-refractivity contribution >= 4 is 11.8 Å². The van der Waals surface area contributed by atoms with E-state index in [0.717, 1.165) is 44.7 Å². The van der Waals surface area contributed by atoms with Gasteiger partial charge in [0.05, 0.1) is 6.54 Å². The van der Waals surface area contributed by atoms with E-state index in [1.165, 1.54) is 19.3 Å². The number of piperidine rings is 1. The molecular weight excluding hydrogens is 318 g/mol. The highest BCUT2D eigenvalue weighted by atomic mass is 16.2. The van der Waals surface area contributed by atoms with Crippen LogP contribution >= 0.6 is 0 Å². The number of hydrogen-bond acceptors (Lipinski definition) is 4. The summed E-state index contributed by atoms with van der Waals surface area (Å²) in [4.78, 5) is 31.0. The van der Waals surface area contributed by atoms with Crippen molar-refractivity contribution in [3.8, 4) is 0 Å². The monoisotopic (exact) mass is 345 g/mol. The third kappa shape index (κ3) is 3.86. The Kier molecular flexibility index (Phi) is 4.74. The SMILES string of the molecule is O=C(CN1CCN(C(=O)c2cc(C3CC3)[nH]n2)CC1)N1CCCCC1. The maximum absolute atomic E-state index is 12.6. The first-order valence-electron chi connectivity index (χ1n) is 9.55. The van der Waals surface area contributed by atoms with Gasteiger partial charge in [0.2, 0.25) is 5.91 Å². The molecule has 2 aliphatic heterocycles. The number of piperazine rings is 1. The second-order valence-corrected chi connectivity index (χ2v) is 7.49. The van der Waals surface area contributed by atoms with Gasteiger partial charge in [-0.05, 0) is 38.2 Å². The van der Waals surface area contributed by atoms with Crippen LogP contribution in [0.15, 0.2) is 6.07 Å². The molecule has 1 saturated carbocycles. The van der Waals surface area contributed by atoms with E-state index in [9.17, 15) is 9.59 Å². The average molecular weight is 345 g/mol. The van der Waals surface area contributed by atoms with Crippen LogP contribution in [-0.4, -0.2) is 82.5 Å². The molecule has 25 heavy (non-hydrogen) atoms. The van der Waals surface area contributed by atoms with Crippen molar-refractivity contribution in [1.29, 1.82) is 0 Å². The van der Waals surface area contributed by atoms with E-state index < -0.39 is 0 Å². The Hall–Kier alpha value is -1.89. The van der Waals surface area contributed by atoms with Crippen molar-refractivity contribution < 1.29 is 9.59 Å². The van der Waals surface area contributed by atoms with E-state index in [1.54, 1.807) is 0 Å². The van der Waals surface area contributed by atoms with Gasteiger partial charge in [-0.2, -0.15) is 5.10 Å². The second kappa shape index (κ2) is 7.15. The largest absolute Gasteiger partial charge is 0.342 e. The number of aromatic amines is 1. The Labute approximate surface area is 148 Å². The number of hydrogen-bond donors (Lipinski definition) is 1. The highest BCUT2D eigenvalue weighted by molar-refractivity contribution is 5.92. The number of nitrogens with one attached hydrogen (secondary N) is 1. The summed E-state index contributed by atoms with van der Waals surface area (Å²) in [5, 5.41) is 7.19. The van der Waals surface area contributed by atoms with Crippen LogP contribution in [0.1, 0.15) is 54.2 Å². The van der Waals surface area contributed by atoms with E-state index in [4.69, 9.17) is 0 Å². The summed E-state index contributed by atoms with van der Waals surface area (Å²) in [6.45, 7) is 5.13. The fourth-order valence-electron chi connectivity index (χ4n) is 3.76. The van der Waals surface area contributed by atoms with Gasteiger partial charge >= 0.3 is 0 Å². The van der Waals surface area contributed by atoms with E-state index >= 15 is 0 Å². The summed E-state index contributed by atoms with van der Waals surface area (Å²) in [6.07, 6.45) is 5.88. The van der Waals surface area contributed by atoms with Gasteiger partial charge in [0, 0.05) is 50.9 Å². The van der Waals surface area contributed by atoms with Gasteiger partial charge in [-0.1, -0.05) is 0 Å². The first-order valence-corrected chi connectivity index (χ1v) is 9.55. The number of amides is 2. The molecule has 7 heteroatoms. The van der Waals surface area contributed by atoms with Crippen molar-refractivity contribution in [3.63, 3.8) is 0 Å². The van der Waals surface area contributed by atoms with Crippen LogP contribution in [0.5, 0.6) is 0 Å². The third-order valence-electron chi connectivity index (χ3n) is 5.56. The summed E-state index contributed by atoms with van der Waals surface area (Å²) in [5.74, 6) is 0.817. The van der Waals surface area contributed by atoms with E-state index in [2.05, 4.69) is 15.1 Å². The minimum absolute atomic E-state index is 0.00478. The summed E-state index contributed by atoms with van der Waals surface area (Å²) < 4.78 is 0. The zero-order chi connectivity index (χ0) is 17.2. The molecule has 0 unspecified atom stereocenters. The summed E-state index contributed by atoms with van der Waals surface area (Å²) in [7, 11) is 0. The van der Waals surface area contributed by atoms with Crippen LogP contribution < -0.4 is 0 Å². The molecule has 0 aromatic carbocycles. The zero-order valence-corrected chi connectivity index (χ0v) is 14.7. The Morgan fingerprint density at radius 3 is 2.40 bits per heavy atom. The lowest BCUT2D eigenvalue weighted by Gasteiger charge is -2.35. The molecule has 1 aliphatic carbocycles. The number of nitrogens with zero attached hydrogens (tertiary/aromatic N) is 4. The van der Waals surface area contributed by atoms with Gasteiger partial charge in [-0.15, -0.1) is 0 Å². The molecule has 7 nitrogen and oxygen atoms in total. The van der Waals surface area contributed by atoms with E-state index in [-0.39, 0.29) is 11.8 Å². The second-order valence-electron chi connectivity index (χ2n) is 7.49. The normalized spacial score (nSPS) is 22.2.